The van der Waals surface area contributed by atoms with E-state index in [1.54, 1.807) is 12.1 Å². The van der Waals surface area contributed by atoms with Crippen molar-refractivity contribution in [2.24, 2.45) is 0 Å². The second kappa shape index (κ2) is 4.53. The fourth-order valence-electron chi connectivity index (χ4n) is 1.50. The molecule has 0 atom stereocenters. The standard InChI is InChI=1S/C12H15NO4/c1-7(2)13-12(14)17-9-5-11-10(4-8(9)3)15-6-16-11/h4-5,7H,6H2,1-3H3,(H,13,14). The summed E-state index contributed by atoms with van der Waals surface area (Å²) in [6, 6.07) is 3.49. The van der Waals surface area contributed by atoms with E-state index in [2.05, 4.69) is 5.32 Å². The molecule has 0 aromatic heterocycles. The molecule has 1 aromatic rings. The van der Waals surface area contributed by atoms with E-state index in [1.165, 1.54) is 0 Å². The lowest BCUT2D eigenvalue weighted by atomic mass is 10.2. The molecule has 0 unspecified atom stereocenters. The first kappa shape index (κ1) is 11.6. The number of aryl methyl sites for hydroxylation is 1. The van der Waals surface area contributed by atoms with E-state index in [9.17, 15) is 4.79 Å². The van der Waals surface area contributed by atoms with Gasteiger partial charge in [-0.2, -0.15) is 0 Å². The number of carbonyl (C=O) groups is 1. The Hall–Kier alpha value is -1.91. The van der Waals surface area contributed by atoms with Crippen LogP contribution in [0.5, 0.6) is 17.2 Å². The smallest absolute Gasteiger partial charge is 0.412 e. The van der Waals surface area contributed by atoms with Crippen molar-refractivity contribution in [3.8, 4) is 17.2 Å². The quantitative estimate of drug-likeness (QED) is 0.856. The minimum Gasteiger partial charge on any atom is -0.454 e. The van der Waals surface area contributed by atoms with Gasteiger partial charge in [0.1, 0.15) is 5.75 Å². The molecule has 0 spiro atoms. The summed E-state index contributed by atoms with van der Waals surface area (Å²) in [5.41, 5.74) is 0.827. The molecule has 1 N–H and O–H groups in total. The molecular weight excluding hydrogens is 222 g/mol. The minimum absolute atomic E-state index is 0.0387. The van der Waals surface area contributed by atoms with Crippen molar-refractivity contribution in [2.75, 3.05) is 6.79 Å². The number of ether oxygens (including phenoxy) is 3. The molecule has 0 fully saturated rings. The van der Waals surface area contributed by atoms with Gasteiger partial charge in [-0.05, 0) is 32.4 Å². The Kier molecular flexibility index (Phi) is 3.08. The molecule has 1 amide bonds. The molecule has 0 radical (unpaired) electrons. The number of hydrogen-bond acceptors (Lipinski definition) is 4. The van der Waals surface area contributed by atoms with Gasteiger partial charge in [-0.15, -0.1) is 0 Å². The first-order chi connectivity index (χ1) is 8.06. The van der Waals surface area contributed by atoms with Gasteiger partial charge in [0, 0.05) is 12.1 Å². The second-order valence-corrected chi connectivity index (χ2v) is 4.16. The van der Waals surface area contributed by atoms with Gasteiger partial charge in [-0.1, -0.05) is 0 Å². The van der Waals surface area contributed by atoms with E-state index in [-0.39, 0.29) is 12.8 Å². The average Bonchev–Trinajstić information content (AvgIpc) is 2.63. The molecule has 1 aromatic carbocycles. The van der Waals surface area contributed by atoms with Crippen LogP contribution in [0.15, 0.2) is 12.1 Å². The highest BCUT2D eigenvalue weighted by molar-refractivity contribution is 5.71. The van der Waals surface area contributed by atoms with Crippen LogP contribution in [0, 0.1) is 6.92 Å². The third-order valence-corrected chi connectivity index (χ3v) is 2.28. The van der Waals surface area contributed by atoms with Crippen molar-refractivity contribution in [3.05, 3.63) is 17.7 Å². The second-order valence-electron chi connectivity index (χ2n) is 4.16. The van der Waals surface area contributed by atoms with E-state index in [0.29, 0.717) is 17.2 Å². The van der Waals surface area contributed by atoms with Crippen LogP contribution >= 0.6 is 0 Å². The Morgan fingerprint density at radius 2 is 2.00 bits per heavy atom. The predicted octanol–water partition coefficient (Wildman–Crippen LogP) is 2.22. The van der Waals surface area contributed by atoms with Crippen LogP contribution in [0.1, 0.15) is 19.4 Å². The van der Waals surface area contributed by atoms with Gasteiger partial charge >= 0.3 is 6.09 Å². The first-order valence-corrected chi connectivity index (χ1v) is 5.45. The molecule has 92 valence electrons. The van der Waals surface area contributed by atoms with Gasteiger partial charge in [-0.25, -0.2) is 4.79 Å². The highest BCUT2D eigenvalue weighted by atomic mass is 16.7. The molecule has 17 heavy (non-hydrogen) atoms. The zero-order valence-corrected chi connectivity index (χ0v) is 10.1. The predicted molar refractivity (Wildman–Crippen MR) is 61.6 cm³/mol. The Balaban J connectivity index is 2.13. The largest absolute Gasteiger partial charge is 0.454 e. The summed E-state index contributed by atoms with van der Waals surface area (Å²) in [6.45, 7) is 5.79. The number of rotatable bonds is 2. The zero-order valence-electron chi connectivity index (χ0n) is 10.1. The van der Waals surface area contributed by atoms with E-state index < -0.39 is 6.09 Å². The number of amides is 1. The molecule has 5 heteroatoms. The van der Waals surface area contributed by atoms with Crippen molar-refractivity contribution in [2.45, 2.75) is 26.8 Å². The molecule has 2 rings (SSSR count). The lowest BCUT2D eigenvalue weighted by molar-refractivity contribution is 0.173. The van der Waals surface area contributed by atoms with Crippen LogP contribution in [0.3, 0.4) is 0 Å². The summed E-state index contributed by atoms with van der Waals surface area (Å²) in [6.07, 6.45) is -0.470. The SMILES string of the molecule is Cc1cc2c(cc1OC(=O)NC(C)C)OCO2. The van der Waals surface area contributed by atoms with E-state index in [4.69, 9.17) is 14.2 Å². The van der Waals surface area contributed by atoms with Gasteiger partial charge < -0.3 is 19.5 Å². The molecule has 5 nitrogen and oxygen atoms in total. The highest BCUT2D eigenvalue weighted by Gasteiger charge is 2.18. The number of fused-ring (bicyclic) bond motifs is 1. The maximum Gasteiger partial charge on any atom is 0.412 e. The molecular formula is C12H15NO4. The number of nitrogens with one attached hydrogen (secondary N) is 1. The molecule has 0 saturated carbocycles. The summed E-state index contributed by atoms with van der Waals surface area (Å²) >= 11 is 0. The lowest BCUT2D eigenvalue weighted by Crippen LogP contribution is -2.32. The molecule has 0 saturated heterocycles. The summed E-state index contributed by atoms with van der Waals surface area (Å²) in [5, 5.41) is 2.65. The van der Waals surface area contributed by atoms with Crippen LogP contribution in [0.4, 0.5) is 4.79 Å². The van der Waals surface area contributed by atoms with Crippen molar-refractivity contribution >= 4 is 6.09 Å². The van der Waals surface area contributed by atoms with E-state index in [0.717, 1.165) is 5.56 Å². The van der Waals surface area contributed by atoms with Crippen molar-refractivity contribution in [1.82, 2.24) is 5.32 Å². The molecule has 0 aliphatic carbocycles. The summed E-state index contributed by atoms with van der Waals surface area (Å²) in [4.78, 5) is 11.5. The molecule has 0 bridgehead atoms. The number of hydrogen-bond donors (Lipinski definition) is 1. The Morgan fingerprint density at radius 1 is 1.35 bits per heavy atom. The summed E-state index contributed by atoms with van der Waals surface area (Å²) in [5.74, 6) is 1.76. The van der Waals surface area contributed by atoms with Crippen LogP contribution in [0.25, 0.3) is 0 Å². The van der Waals surface area contributed by atoms with Crippen molar-refractivity contribution in [1.29, 1.82) is 0 Å². The van der Waals surface area contributed by atoms with Gasteiger partial charge in [0.15, 0.2) is 11.5 Å². The third-order valence-electron chi connectivity index (χ3n) is 2.28. The summed E-state index contributed by atoms with van der Waals surface area (Å²) < 4.78 is 15.6. The van der Waals surface area contributed by atoms with Crippen molar-refractivity contribution < 1.29 is 19.0 Å². The number of benzene rings is 1. The first-order valence-electron chi connectivity index (χ1n) is 5.45. The third kappa shape index (κ3) is 2.61. The molecule has 1 heterocycles. The van der Waals surface area contributed by atoms with Gasteiger partial charge in [0.05, 0.1) is 0 Å². The normalized spacial score (nSPS) is 12.7. The minimum atomic E-state index is -0.470. The van der Waals surface area contributed by atoms with Gasteiger partial charge in [-0.3, -0.25) is 0 Å². The van der Waals surface area contributed by atoms with Crippen LogP contribution in [-0.4, -0.2) is 18.9 Å². The Labute approximate surface area is 99.7 Å². The van der Waals surface area contributed by atoms with Gasteiger partial charge in [0.25, 0.3) is 0 Å². The van der Waals surface area contributed by atoms with Crippen LogP contribution < -0.4 is 19.5 Å². The maximum atomic E-state index is 11.5. The van der Waals surface area contributed by atoms with E-state index in [1.807, 2.05) is 20.8 Å². The average molecular weight is 237 g/mol. The lowest BCUT2D eigenvalue weighted by Gasteiger charge is -2.11. The zero-order chi connectivity index (χ0) is 12.4. The Morgan fingerprint density at radius 3 is 2.65 bits per heavy atom. The van der Waals surface area contributed by atoms with E-state index >= 15 is 0 Å². The number of carbonyl (C=O) groups excluding carboxylic acids is 1. The van der Waals surface area contributed by atoms with Gasteiger partial charge in [0.2, 0.25) is 6.79 Å². The maximum absolute atomic E-state index is 11.5. The topological polar surface area (TPSA) is 56.8 Å². The monoisotopic (exact) mass is 237 g/mol. The fourth-order valence-corrected chi connectivity index (χ4v) is 1.50. The fraction of sp³-hybridized carbons (Fsp3) is 0.417. The molecule has 1 aliphatic heterocycles. The van der Waals surface area contributed by atoms with Crippen molar-refractivity contribution in [3.63, 3.8) is 0 Å². The summed E-state index contributed by atoms with van der Waals surface area (Å²) in [7, 11) is 0. The molecule has 1 aliphatic rings. The Bertz CT molecular complexity index is 442. The van der Waals surface area contributed by atoms with Crippen LogP contribution in [0.2, 0.25) is 0 Å². The van der Waals surface area contributed by atoms with Crippen LogP contribution in [-0.2, 0) is 0 Å². The highest BCUT2D eigenvalue weighted by Crippen LogP contribution is 2.37.